The summed E-state index contributed by atoms with van der Waals surface area (Å²) in [5, 5.41) is 2.57. The number of ether oxygens (including phenoxy) is 1. The van der Waals surface area contributed by atoms with Gasteiger partial charge >= 0.3 is 6.09 Å². The summed E-state index contributed by atoms with van der Waals surface area (Å²) in [4.78, 5) is 11.6. The number of rotatable bonds is 4. The summed E-state index contributed by atoms with van der Waals surface area (Å²) in [5.74, 6) is -1.30. The number of carbonyl (C=O) groups excluding carboxylic acids is 1. The first-order valence-corrected chi connectivity index (χ1v) is 6.35. The summed E-state index contributed by atoms with van der Waals surface area (Å²) in [6.07, 6.45) is -0.447. The van der Waals surface area contributed by atoms with E-state index in [0.717, 1.165) is 6.07 Å². The largest absolute Gasteiger partial charge is 0.444 e. The van der Waals surface area contributed by atoms with Gasteiger partial charge in [0.25, 0.3) is 0 Å². The maximum absolute atomic E-state index is 13.5. The van der Waals surface area contributed by atoms with Crippen molar-refractivity contribution in [3.8, 4) is 0 Å². The number of benzene rings is 1. The molecular formula is C14H20F2N2O2. The van der Waals surface area contributed by atoms with Gasteiger partial charge in [0, 0.05) is 18.7 Å². The van der Waals surface area contributed by atoms with Crippen molar-refractivity contribution >= 4 is 6.09 Å². The third-order valence-electron chi connectivity index (χ3n) is 2.49. The summed E-state index contributed by atoms with van der Waals surface area (Å²) in [7, 11) is 0. The van der Waals surface area contributed by atoms with Gasteiger partial charge in [-0.05, 0) is 38.8 Å². The van der Waals surface area contributed by atoms with Crippen molar-refractivity contribution in [2.24, 2.45) is 5.73 Å². The molecule has 1 rings (SSSR count). The van der Waals surface area contributed by atoms with Crippen LogP contribution in [0.3, 0.4) is 0 Å². The third kappa shape index (κ3) is 5.52. The van der Waals surface area contributed by atoms with E-state index >= 15 is 0 Å². The molecule has 20 heavy (non-hydrogen) atoms. The molecule has 3 N–H and O–H groups in total. The van der Waals surface area contributed by atoms with Gasteiger partial charge < -0.3 is 15.8 Å². The molecular weight excluding hydrogens is 266 g/mol. The van der Waals surface area contributed by atoms with Crippen molar-refractivity contribution in [3.63, 3.8) is 0 Å². The number of hydrogen-bond acceptors (Lipinski definition) is 3. The normalized spacial score (nSPS) is 12.9. The van der Waals surface area contributed by atoms with Crippen LogP contribution in [0.4, 0.5) is 13.6 Å². The van der Waals surface area contributed by atoms with Crippen molar-refractivity contribution in [3.05, 3.63) is 35.4 Å². The SMILES string of the molecule is CC(C)(C)OC(=O)NC(CN)Cc1ccc(F)cc1F. The fourth-order valence-electron chi connectivity index (χ4n) is 1.62. The van der Waals surface area contributed by atoms with Crippen LogP contribution in [0.1, 0.15) is 26.3 Å². The smallest absolute Gasteiger partial charge is 0.407 e. The molecule has 1 amide bonds. The summed E-state index contributed by atoms with van der Waals surface area (Å²) in [5.41, 5.74) is 5.21. The van der Waals surface area contributed by atoms with Crippen LogP contribution in [0.15, 0.2) is 18.2 Å². The first-order chi connectivity index (χ1) is 9.21. The standard InChI is InChI=1S/C14H20F2N2O2/c1-14(2,3)20-13(19)18-11(8-17)6-9-4-5-10(15)7-12(9)16/h4-5,7,11H,6,8,17H2,1-3H3,(H,18,19). The molecule has 0 aliphatic carbocycles. The highest BCUT2D eigenvalue weighted by Gasteiger charge is 2.19. The van der Waals surface area contributed by atoms with Crippen molar-refractivity contribution in [1.82, 2.24) is 5.32 Å². The summed E-state index contributed by atoms with van der Waals surface area (Å²) in [6, 6.07) is 2.82. The predicted molar refractivity (Wildman–Crippen MR) is 72.3 cm³/mol. The molecule has 1 atom stereocenters. The van der Waals surface area contributed by atoms with E-state index in [1.807, 2.05) is 0 Å². The van der Waals surface area contributed by atoms with Gasteiger partial charge in [-0.15, -0.1) is 0 Å². The molecule has 0 saturated carbocycles. The average Bonchev–Trinajstić information content (AvgIpc) is 2.29. The summed E-state index contributed by atoms with van der Waals surface area (Å²) in [6.45, 7) is 5.34. The summed E-state index contributed by atoms with van der Waals surface area (Å²) < 4.78 is 31.4. The minimum absolute atomic E-state index is 0.121. The van der Waals surface area contributed by atoms with Crippen LogP contribution in [0.25, 0.3) is 0 Å². The Morgan fingerprint density at radius 3 is 2.55 bits per heavy atom. The number of carbonyl (C=O) groups is 1. The first-order valence-electron chi connectivity index (χ1n) is 6.35. The second-order valence-electron chi connectivity index (χ2n) is 5.52. The van der Waals surface area contributed by atoms with E-state index in [9.17, 15) is 13.6 Å². The molecule has 1 aromatic carbocycles. The van der Waals surface area contributed by atoms with E-state index in [0.29, 0.717) is 0 Å². The number of halogens is 2. The second-order valence-corrected chi connectivity index (χ2v) is 5.52. The lowest BCUT2D eigenvalue weighted by molar-refractivity contribution is 0.0505. The molecule has 4 nitrogen and oxygen atoms in total. The molecule has 0 radical (unpaired) electrons. The maximum Gasteiger partial charge on any atom is 0.407 e. The van der Waals surface area contributed by atoms with E-state index < -0.39 is 29.4 Å². The minimum atomic E-state index is -0.658. The monoisotopic (exact) mass is 286 g/mol. The molecule has 0 aromatic heterocycles. The Hall–Kier alpha value is -1.69. The lowest BCUT2D eigenvalue weighted by atomic mass is 10.1. The third-order valence-corrected chi connectivity index (χ3v) is 2.49. The second kappa shape index (κ2) is 6.65. The molecule has 0 bridgehead atoms. The van der Waals surface area contributed by atoms with Gasteiger partial charge in [-0.1, -0.05) is 6.07 Å². The highest BCUT2D eigenvalue weighted by Crippen LogP contribution is 2.12. The minimum Gasteiger partial charge on any atom is -0.444 e. The Morgan fingerprint density at radius 1 is 1.40 bits per heavy atom. The fraction of sp³-hybridized carbons (Fsp3) is 0.500. The number of alkyl carbamates (subject to hydrolysis) is 1. The molecule has 0 saturated heterocycles. The molecule has 0 heterocycles. The van der Waals surface area contributed by atoms with E-state index in [2.05, 4.69) is 5.32 Å². The first kappa shape index (κ1) is 16.4. The zero-order chi connectivity index (χ0) is 15.3. The average molecular weight is 286 g/mol. The molecule has 0 aliphatic heterocycles. The van der Waals surface area contributed by atoms with Gasteiger partial charge in [0.1, 0.15) is 17.2 Å². The Labute approximate surface area is 117 Å². The Bertz CT molecular complexity index is 473. The highest BCUT2D eigenvalue weighted by molar-refractivity contribution is 5.68. The van der Waals surface area contributed by atoms with Crippen molar-refractivity contribution in [1.29, 1.82) is 0 Å². The van der Waals surface area contributed by atoms with Gasteiger partial charge in [0.05, 0.1) is 0 Å². The van der Waals surface area contributed by atoms with E-state index in [-0.39, 0.29) is 18.5 Å². The Morgan fingerprint density at radius 2 is 2.05 bits per heavy atom. The van der Waals surface area contributed by atoms with Crippen molar-refractivity contribution in [2.75, 3.05) is 6.54 Å². The maximum atomic E-state index is 13.5. The molecule has 0 spiro atoms. The van der Waals surface area contributed by atoms with Crippen LogP contribution in [-0.2, 0) is 11.2 Å². The van der Waals surface area contributed by atoms with Gasteiger partial charge in [-0.2, -0.15) is 0 Å². The number of hydrogen-bond donors (Lipinski definition) is 2. The zero-order valence-electron chi connectivity index (χ0n) is 11.9. The molecule has 112 valence electrons. The van der Waals surface area contributed by atoms with Gasteiger partial charge in [0.2, 0.25) is 0 Å². The predicted octanol–water partition coefficient (Wildman–Crippen LogP) is 2.36. The fourth-order valence-corrected chi connectivity index (χ4v) is 1.62. The highest BCUT2D eigenvalue weighted by atomic mass is 19.1. The lowest BCUT2D eigenvalue weighted by Gasteiger charge is -2.23. The zero-order valence-corrected chi connectivity index (χ0v) is 11.9. The van der Waals surface area contributed by atoms with Crippen LogP contribution in [0.5, 0.6) is 0 Å². The topological polar surface area (TPSA) is 64.3 Å². The van der Waals surface area contributed by atoms with Crippen LogP contribution in [0.2, 0.25) is 0 Å². The molecule has 6 heteroatoms. The van der Waals surface area contributed by atoms with Crippen molar-refractivity contribution in [2.45, 2.75) is 38.8 Å². The number of nitrogens with one attached hydrogen (secondary N) is 1. The van der Waals surface area contributed by atoms with Crippen LogP contribution >= 0.6 is 0 Å². The van der Waals surface area contributed by atoms with Gasteiger partial charge in [0.15, 0.2) is 0 Å². The number of amides is 1. The van der Waals surface area contributed by atoms with Crippen molar-refractivity contribution < 1.29 is 18.3 Å². The molecule has 0 fully saturated rings. The molecule has 1 unspecified atom stereocenters. The van der Waals surface area contributed by atoms with Crippen LogP contribution in [-0.4, -0.2) is 24.3 Å². The molecule has 1 aromatic rings. The van der Waals surface area contributed by atoms with Gasteiger partial charge in [-0.25, -0.2) is 13.6 Å². The summed E-state index contributed by atoms with van der Waals surface area (Å²) >= 11 is 0. The Kier molecular flexibility index (Phi) is 5.44. The van der Waals surface area contributed by atoms with Crippen LogP contribution in [0, 0.1) is 11.6 Å². The number of nitrogens with two attached hydrogens (primary N) is 1. The van der Waals surface area contributed by atoms with E-state index in [1.165, 1.54) is 12.1 Å². The van der Waals surface area contributed by atoms with E-state index in [4.69, 9.17) is 10.5 Å². The lowest BCUT2D eigenvalue weighted by Crippen LogP contribution is -2.44. The van der Waals surface area contributed by atoms with Gasteiger partial charge in [-0.3, -0.25) is 0 Å². The Balaban J connectivity index is 2.65. The van der Waals surface area contributed by atoms with E-state index in [1.54, 1.807) is 20.8 Å². The van der Waals surface area contributed by atoms with Crippen LogP contribution < -0.4 is 11.1 Å². The quantitative estimate of drug-likeness (QED) is 0.893. The molecule has 0 aliphatic rings.